The van der Waals surface area contributed by atoms with Crippen LogP contribution < -0.4 is 10.1 Å². The van der Waals surface area contributed by atoms with Gasteiger partial charge in [0, 0.05) is 6.04 Å². The quantitative estimate of drug-likeness (QED) is 0.762. The van der Waals surface area contributed by atoms with Crippen LogP contribution in [0.4, 0.5) is 0 Å². The molecule has 0 fully saturated rings. The van der Waals surface area contributed by atoms with Crippen LogP contribution in [0.15, 0.2) is 24.3 Å². The third-order valence-electron chi connectivity index (χ3n) is 2.57. The van der Waals surface area contributed by atoms with Crippen molar-refractivity contribution in [2.75, 3.05) is 13.2 Å². The van der Waals surface area contributed by atoms with Crippen molar-refractivity contribution in [3.05, 3.63) is 29.8 Å². The van der Waals surface area contributed by atoms with Crippen molar-refractivity contribution in [3.63, 3.8) is 0 Å². The highest BCUT2D eigenvalue weighted by Crippen LogP contribution is 2.12. The summed E-state index contributed by atoms with van der Waals surface area (Å²) in [5, 5.41) is 12.4. The fraction of sp³-hybridized carbons (Fsp3) is 0.571. The predicted molar refractivity (Wildman–Crippen MR) is 70.5 cm³/mol. The van der Waals surface area contributed by atoms with Crippen LogP contribution in [0.2, 0.25) is 0 Å². The lowest BCUT2D eigenvalue weighted by Gasteiger charge is -2.19. The first-order valence-corrected chi connectivity index (χ1v) is 6.24. The molecule has 0 aliphatic heterocycles. The van der Waals surface area contributed by atoms with E-state index in [0.717, 1.165) is 12.2 Å². The van der Waals surface area contributed by atoms with E-state index in [4.69, 9.17) is 4.74 Å². The van der Waals surface area contributed by atoms with Crippen LogP contribution in [-0.2, 0) is 6.42 Å². The van der Waals surface area contributed by atoms with Gasteiger partial charge in [0.2, 0.25) is 0 Å². The van der Waals surface area contributed by atoms with Crippen LogP contribution >= 0.6 is 0 Å². The van der Waals surface area contributed by atoms with Crippen molar-refractivity contribution in [2.24, 2.45) is 0 Å². The molecule has 17 heavy (non-hydrogen) atoms. The van der Waals surface area contributed by atoms with Crippen LogP contribution in [0.5, 0.6) is 5.75 Å². The lowest BCUT2D eigenvalue weighted by atomic mass is 10.2. The number of hydrogen-bond donors (Lipinski definition) is 2. The Balaban J connectivity index is 2.42. The summed E-state index contributed by atoms with van der Waals surface area (Å²) >= 11 is 0. The molecule has 0 saturated heterocycles. The molecule has 0 aromatic heterocycles. The van der Waals surface area contributed by atoms with Crippen molar-refractivity contribution in [1.82, 2.24) is 5.32 Å². The summed E-state index contributed by atoms with van der Waals surface area (Å²) in [4.78, 5) is 0. The molecular formula is C14H23NO2. The highest BCUT2D eigenvalue weighted by atomic mass is 16.5. The monoisotopic (exact) mass is 237 g/mol. The molecule has 3 nitrogen and oxygen atoms in total. The number of benzene rings is 1. The number of aliphatic hydroxyl groups is 1. The molecule has 1 aromatic rings. The van der Waals surface area contributed by atoms with Gasteiger partial charge in [-0.2, -0.15) is 0 Å². The van der Waals surface area contributed by atoms with E-state index in [1.165, 1.54) is 5.56 Å². The molecular weight excluding hydrogens is 214 g/mol. The zero-order valence-corrected chi connectivity index (χ0v) is 10.9. The molecule has 0 aliphatic rings. The molecule has 1 rings (SSSR count). The average molecular weight is 237 g/mol. The van der Waals surface area contributed by atoms with E-state index < -0.39 is 0 Å². The van der Waals surface area contributed by atoms with Crippen LogP contribution in [0, 0.1) is 0 Å². The van der Waals surface area contributed by atoms with Gasteiger partial charge in [0.25, 0.3) is 0 Å². The highest BCUT2D eigenvalue weighted by molar-refractivity contribution is 5.27. The predicted octanol–water partition coefficient (Wildman–Crippen LogP) is 1.99. The Kier molecular flexibility index (Phi) is 6.01. The number of rotatable bonds is 7. The minimum absolute atomic E-state index is 0.0131. The van der Waals surface area contributed by atoms with E-state index in [9.17, 15) is 5.11 Å². The Morgan fingerprint density at radius 2 is 1.88 bits per heavy atom. The molecule has 1 unspecified atom stereocenters. The van der Waals surface area contributed by atoms with E-state index in [-0.39, 0.29) is 12.6 Å². The summed E-state index contributed by atoms with van der Waals surface area (Å²) in [7, 11) is 0. The fourth-order valence-electron chi connectivity index (χ4n) is 1.64. The molecule has 0 spiro atoms. The number of ether oxygens (including phenoxy) is 1. The molecule has 1 atom stereocenters. The van der Waals surface area contributed by atoms with Crippen LogP contribution in [0.1, 0.15) is 26.3 Å². The first-order valence-electron chi connectivity index (χ1n) is 6.24. The third kappa shape index (κ3) is 5.20. The van der Waals surface area contributed by atoms with Crippen molar-refractivity contribution in [3.8, 4) is 5.75 Å². The summed E-state index contributed by atoms with van der Waals surface area (Å²) in [5.41, 5.74) is 1.30. The lowest BCUT2D eigenvalue weighted by molar-refractivity contribution is 0.177. The Labute approximate surface area is 104 Å². The van der Waals surface area contributed by atoms with Gasteiger partial charge < -0.3 is 15.2 Å². The molecule has 0 saturated carbocycles. The van der Waals surface area contributed by atoms with Crippen LogP contribution in [0.3, 0.4) is 0 Å². The summed E-state index contributed by atoms with van der Waals surface area (Å²) in [5.74, 6) is 0.853. The highest BCUT2D eigenvalue weighted by Gasteiger charge is 2.09. The number of hydrogen-bond acceptors (Lipinski definition) is 3. The third-order valence-corrected chi connectivity index (χ3v) is 2.57. The first-order chi connectivity index (χ1) is 8.15. The van der Waals surface area contributed by atoms with Crippen molar-refractivity contribution < 1.29 is 9.84 Å². The summed E-state index contributed by atoms with van der Waals surface area (Å²) < 4.78 is 5.64. The van der Waals surface area contributed by atoms with E-state index in [0.29, 0.717) is 12.6 Å². The minimum atomic E-state index is -0.0131. The van der Waals surface area contributed by atoms with Gasteiger partial charge in [-0.1, -0.05) is 32.9 Å². The maximum Gasteiger partial charge on any atom is 0.119 e. The van der Waals surface area contributed by atoms with Gasteiger partial charge in [0.15, 0.2) is 0 Å². The maximum atomic E-state index is 9.19. The average Bonchev–Trinajstić information content (AvgIpc) is 2.34. The molecule has 96 valence electrons. The molecule has 3 heteroatoms. The molecule has 0 bridgehead atoms. The van der Waals surface area contributed by atoms with Gasteiger partial charge in [-0.25, -0.2) is 0 Å². The Bertz CT molecular complexity index is 309. The normalized spacial score (nSPS) is 12.8. The van der Waals surface area contributed by atoms with E-state index in [1.54, 1.807) is 0 Å². The molecule has 1 aromatic carbocycles. The van der Waals surface area contributed by atoms with Crippen molar-refractivity contribution in [2.45, 2.75) is 39.3 Å². The molecule has 0 amide bonds. The van der Waals surface area contributed by atoms with E-state index >= 15 is 0 Å². The van der Waals surface area contributed by atoms with Gasteiger partial charge in [0.1, 0.15) is 12.4 Å². The van der Waals surface area contributed by atoms with Gasteiger partial charge in [0.05, 0.1) is 12.6 Å². The first kappa shape index (κ1) is 14.0. The van der Waals surface area contributed by atoms with E-state index in [2.05, 4.69) is 38.2 Å². The fourth-order valence-corrected chi connectivity index (χ4v) is 1.64. The van der Waals surface area contributed by atoms with Crippen LogP contribution in [-0.4, -0.2) is 30.4 Å². The molecule has 0 radical (unpaired) electrons. The largest absolute Gasteiger partial charge is 0.492 e. The molecule has 2 N–H and O–H groups in total. The number of aryl methyl sites for hydroxylation is 1. The SMILES string of the molecule is CCc1ccc(OCC(CO)NC(C)C)cc1. The number of nitrogens with one attached hydrogen (secondary N) is 1. The second-order valence-corrected chi connectivity index (χ2v) is 4.51. The van der Waals surface area contributed by atoms with Crippen molar-refractivity contribution >= 4 is 0 Å². The molecule has 0 heterocycles. The van der Waals surface area contributed by atoms with E-state index in [1.807, 2.05) is 12.1 Å². The van der Waals surface area contributed by atoms with Crippen LogP contribution in [0.25, 0.3) is 0 Å². The van der Waals surface area contributed by atoms with Gasteiger partial charge in [-0.05, 0) is 24.1 Å². The maximum absolute atomic E-state index is 9.19. The summed E-state index contributed by atoms with van der Waals surface area (Å²) in [6.45, 7) is 6.81. The standard InChI is InChI=1S/C14H23NO2/c1-4-12-5-7-14(8-6-12)17-10-13(9-16)15-11(2)3/h5-8,11,13,15-16H,4,9-10H2,1-3H3. The molecule has 0 aliphatic carbocycles. The van der Waals surface area contributed by atoms with Gasteiger partial charge in [-0.3, -0.25) is 0 Å². The second kappa shape index (κ2) is 7.30. The zero-order valence-electron chi connectivity index (χ0n) is 10.9. The minimum Gasteiger partial charge on any atom is -0.492 e. The topological polar surface area (TPSA) is 41.5 Å². The van der Waals surface area contributed by atoms with Gasteiger partial charge >= 0.3 is 0 Å². The zero-order chi connectivity index (χ0) is 12.7. The Hall–Kier alpha value is -1.06. The summed E-state index contributed by atoms with van der Waals surface area (Å²) in [6, 6.07) is 8.42. The summed E-state index contributed by atoms with van der Waals surface area (Å²) in [6.07, 6.45) is 1.04. The van der Waals surface area contributed by atoms with Crippen molar-refractivity contribution in [1.29, 1.82) is 0 Å². The van der Waals surface area contributed by atoms with Gasteiger partial charge in [-0.15, -0.1) is 0 Å². The Morgan fingerprint density at radius 3 is 2.35 bits per heavy atom. The second-order valence-electron chi connectivity index (χ2n) is 4.51. The smallest absolute Gasteiger partial charge is 0.119 e. The Morgan fingerprint density at radius 1 is 1.24 bits per heavy atom. The lowest BCUT2D eigenvalue weighted by Crippen LogP contribution is -2.41. The number of aliphatic hydroxyl groups excluding tert-OH is 1.